The van der Waals surface area contributed by atoms with Crippen molar-refractivity contribution in [1.29, 1.82) is 0 Å². The SMILES string of the molecule is CC(C)(C)N(CCCS(C)(=O)=O)CC(=O)Nc1ccc(F)cc1. The lowest BCUT2D eigenvalue weighted by Crippen LogP contribution is -2.46. The molecule has 1 rings (SSSR count). The van der Waals surface area contributed by atoms with Crippen molar-refractivity contribution >= 4 is 21.4 Å². The second-order valence-electron chi connectivity index (χ2n) is 6.63. The van der Waals surface area contributed by atoms with Gasteiger partial charge in [-0.05, 0) is 51.5 Å². The molecular formula is C16H25FN2O3S. The number of nitrogens with zero attached hydrogens (tertiary/aromatic N) is 1. The highest BCUT2D eigenvalue weighted by Crippen LogP contribution is 2.15. The monoisotopic (exact) mass is 344 g/mol. The summed E-state index contributed by atoms with van der Waals surface area (Å²) in [4.78, 5) is 14.1. The first-order valence-electron chi connectivity index (χ1n) is 7.45. The molecule has 0 aromatic heterocycles. The highest BCUT2D eigenvalue weighted by atomic mass is 32.2. The largest absolute Gasteiger partial charge is 0.325 e. The zero-order valence-electron chi connectivity index (χ0n) is 14.1. The Morgan fingerprint density at radius 3 is 2.26 bits per heavy atom. The van der Waals surface area contributed by atoms with E-state index in [0.29, 0.717) is 18.7 Å². The van der Waals surface area contributed by atoms with E-state index < -0.39 is 9.84 Å². The van der Waals surface area contributed by atoms with Crippen LogP contribution in [0, 0.1) is 5.82 Å². The first-order valence-corrected chi connectivity index (χ1v) is 9.51. The minimum Gasteiger partial charge on any atom is -0.325 e. The molecule has 0 saturated carbocycles. The average Bonchev–Trinajstić information content (AvgIpc) is 2.38. The molecule has 0 fully saturated rings. The zero-order valence-corrected chi connectivity index (χ0v) is 14.9. The van der Waals surface area contributed by atoms with Crippen LogP contribution in [0.3, 0.4) is 0 Å². The number of nitrogens with one attached hydrogen (secondary N) is 1. The summed E-state index contributed by atoms with van der Waals surface area (Å²) in [5.74, 6) is -0.481. The lowest BCUT2D eigenvalue weighted by molar-refractivity contribution is -0.118. The Labute approximate surface area is 137 Å². The van der Waals surface area contributed by atoms with Gasteiger partial charge in [-0.1, -0.05) is 0 Å². The standard InChI is InChI=1S/C16H25FN2O3S/c1-16(2,3)19(10-5-11-23(4,21)22)12-15(20)18-14-8-6-13(17)7-9-14/h6-9H,5,10-12H2,1-4H3,(H,18,20). The van der Waals surface area contributed by atoms with Crippen molar-refractivity contribution in [2.75, 3.05) is 30.4 Å². The summed E-state index contributed by atoms with van der Waals surface area (Å²) in [6.45, 7) is 6.56. The van der Waals surface area contributed by atoms with Gasteiger partial charge >= 0.3 is 0 Å². The predicted molar refractivity (Wildman–Crippen MR) is 90.7 cm³/mol. The number of sulfone groups is 1. The number of hydrogen-bond acceptors (Lipinski definition) is 4. The molecule has 0 atom stereocenters. The summed E-state index contributed by atoms with van der Waals surface area (Å²) in [7, 11) is -3.01. The molecule has 23 heavy (non-hydrogen) atoms. The molecule has 0 bridgehead atoms. The minimum absolute atomic E-state index is 0.0964. The minimum atomic E-state index is -3.01. The van der Waals surface area contributed by atoms with Crippen molar-refractivity contribution in [3.05, 3.63) is 30.1 Å². The second kappa shape index (κ2) is 7.88. The molecule has 0 aliphatic carbocycles. The first-order chi connectivity index (χ1) is 10.5. The fourth-order valence-corrected chi connectivity index (χ4v) is 2.73. The lowest BCUT2D eigenvalue weighted by atomic mass is 10.1. The van der Waals surface area contributed by atoms with E-state index in [1.165, 1.54) is 30.5 Å². The van der Waals surface area contributed by atoms with E-state index in [-0.39, 0.29) is 29.6 Å². The summed E-state index contributed by atoms with van der Waals surface area (Å²) in [6, 6.07) is 5.56. The van der Waals surface area contributed by atoms with Gasteiger partial charge in [0.1, 0.15) is 15.7 Å². The number of anilines is 1. The van der Waals surface area contributed by atoms with Gasteiger partial charge in [-0.2, -0.15) is 0 Å². The third-order valence-electron chi connectivity index (χ3n) is 3.35. The molecule has 5 nitrogen and oxygen atoms in total. The number of carbonyl (C=O) groups is 1. The maximum atomic E-state index is 12.9. The van der Waals surface area contributed by atoms with Crippen molar-refractivity contribution in [1.82, 2.24) is 4.90 Å². The molecule has 1 amide bonds. The highest BCUT2D eigenvalue weighted by molar-refractivity contribution is 7.90. The van der Waals surface area contributed by atoms with E-state index in [0.717, 1.165) is 0 Å². The van der Waals surface area contributed by atoms with Crippen molar-refractivity contribution in [3.63, 3.8) is 0 Å². The zero-order chi connectivity index (χ0) is 17.7. The summed E-state index contributed by atoms with van der Waals surface area (Å²) < 4.78 is 35.3. The smallest absolute Gasteiger partial charge is 0.238 e. The van der Waals surface area contributed by atoms with E-state index in [9.17, 15) is 17.6 Å². The van der Waals surface area contributed by atoms with E-state index in [1.54, 1.807) is 0 Å². The molecule has 0 heterocycles. The number of benzene rings is 1. The van der Waals surface area contributed by atoms with Crippen LogP contribution in [0.4, 0.5) is 10.1 Å². The summed E-state index contributed by atoms with van der Waals surface area (Å²) in [6.07, 6.45) is 1.68. The van der Waals surface area contributed by atoms with Crippen molar-refractivity contribution in [3.8, 4) is 0 Å². The third-order valence-corrected chi connectivity index (χ3v) is 4.38. The fourth-order valence-electron chi connectivity index (χ4n) is 2.08. The predicted octanol–water partition coefficient (Wildman–Crippen LogP) is 2.30. The van der Waals surface area contributed by atoms with Gasteiger partial charge in [0.25, 0.3) is 0 Å². The van der Waals surface area contributed by atoms with Crippen molar-refractivity contribution in [2.45, 2.75) is 32.7 Å². The van der Waals surface area contributed by atoms with E-state index in [2.05, 4.69) is 5.32 Å². The van der Waals surface area contributed by atoms with Gasteiger partial charge in [0.2, 0.25) is 5.91 Å². The molecule has 0 radical (unpaired) electrons. The molecule has 1 N–H and O–H groups in total. The molecule has 0 aliphatic heterocycles. The van der Waals surface area contributed by atoms with Crippen LogP contribution in [0.25, 0.3) is 0 Å². The van der Waals surface area contributed by atoms with Gasteiger partial charge in [0.05, 0.1) is 12.3 Å². The number of amides is 1. The molecule has 7 heteroatoms. The van der Waals surface area contributed by atoms with E-state index in [4.69, 9.17) is 0 Å². The van der Waals surface area contributed by atoms with Crippen LogP contribution in [0.5, 0.6) is 0 Å². The van der Waals surface area contributed by atoms with Crippen LogP contribution in [-0.2, 0) is 14.6 Å². The van der Waals surface area contributed by atoms with Crippen LogP contribution in [0.1, 0.15) is 27.2 Å². The molecule has 1 aromatic rings. The number of carbonyl (C=O) groups excluding carboxylic acids is 1. The number of halogens is 1. The van der Waals surface area contributed by atoms with Gasteiger partial charge in [-0.3, -0.25) is 9.69 Å². The maximum absolute atomic E-state index is 12.9. The molecular weight excluding hydrogens is 319 g/mol. The summed E-state index contributed by atoms with van der Waals surface area (Å²) in [5, 5.41) is 2.71. The molecule has 0 unspecified atom stereocenters. The van der Waals surface area contributed by atoms with Crippen molar-refractivity contribution in [2.24, 2.45) is 0 Å². The first kappa shape index (κ1) is 19.6. The molecule has 0 spiro atoms. The van der Waals surface area contributed by atoms with Crippen LogP contribution >= 0.6 is 0 Å². The Kier molecular flexibility index (Phi) is 6.70. The number of rotatable bonds is 7. The van der Waals surface area contributed by atoms with Gasteiger partial charge in [-0.15, -0.1) is 0 Å². The van der Waals surface area contributed by atoms with Crippen LogP contribution in [0.2, 0.25) is 0 Å². The molecule has 0 saturated heterocycles. The molecule has 1 aromatic carbocycles. The lowest BCUT2D eigenvalue weighted by Gasteiger charge is -2.35. The Hall–Kier alpha value is -1.47. The Morgan fingerprint density at radius 1 is 1.22 bits per heavy atom. The average molecular weight is 344 g/mol. The number of hydrogen-bond donors (Lipinski definition) is 1. The quantitative estimate of drug-likeness (QED) is 0.824. The topological polar surface area (TPSA) is 66.5 Å². The van der Waals surface area contributed by atoms with Crippen LogP contribution < -0.4 is 5.32 Å². The van der Waals surface area contributed by atoms with Crippen molar-refractivity contribution < 1.29 is 17.6 Å². The third kappa shape index (κ3) is 8.08. The van der Waals surface area contributed by atoms with Crippen LogP contribution in [0.15, 0.2) is 24.3 Å². The Morgan fingerprint density at radius 2 is 1.78 bits per heavy atom. The van der Waals surface area contributed by atoms with Gasteiger partial charge in [-0.25, -0.2) is 12.8 Å². The Balaban J connectivity index is 2.62. The van der Waals surface area contributed by atoms with Gasteiger partial charge in [0.15, 0.2) is 0 Å². The highest BCUT2D eigenvalue weighted by Gasteiger charge is 2.23. The molecule has 130 valence electrons. The second-order valence-corrected chi connectivity index (χ2v) is 8.89. The Bertz CT molecular complexity index is 622. The van der Waals surface area contributed by atoms with E-state index >= 15 is 0 Å². The summed E-state index contributed by atoms with van der Waals surface area (Å²) in [5.41, 5.74) is 0.263. The van der Waals surface area contributed by atoms with Gasteiger partial charge in [0, 0.05) is 24.0 Å². The molecule has 0 aliphatic rings. The van der Waals surface area contributed by atoms with E-state index in [1.807, 2.05) is 25.7 Å². The van der Waals surface area contributed by atoms with Crippen LogP contribution in [-0.4, -0.2) is 49.9 Å². The normalized spacial score (nSPS) is 12.4. The van der Waals surface area contributed by atoms with Gasteiger partial charge < -0.3 is 5.32 Å². The fraction of sp³-hybridized carbons (Fsp3) is 0.562. The summed E-state index contributed by atoms with van der Waals surface area (Å²) >= 11 is 0. The maximum Gasteiger partial charge on any atom is 0.238 e.